The van der Waals surface area contributed by atoms with Gasteiger partial charge in [-0.25, -0.2) is 9.37 Å². The Balaban J connectivity index is 1.25. The molecule has 0 radical (unpaired) electrons. The highest BCUT2D eigenvalue weighted by Crippen LogP contribution is 2.26. The maximum Gasteiger partial charge on any atom is 0.232 e. The fraction of sp³-hybridized carbons (Fsp3) is 0.333. The van der Waals surface area contributed by atoms with Gasteiger partial charge in [-0.2, -0.15) is 0 Å². The van der Waals surface area contributed by atoms with Crippen LogP contribution in [0.3, 0.4) is 0 Å². The number of hydrogen-bond acceptors (Lipinski definition) is 6. The minimum atomic E-state index is -0.234. The number of aromatic nitrogens is 1. The summed E-state index contributed by atoms with van der Waals surface area (Å²) in [4.78, 5) is 22.6. The molecule has 8 heteroatoms. The smallest absolute Gasteiger partial charge is 0.232 e. The van der Waals surface area contributed by atoms with E-state index in [0.717, 1.165) is 35.8 Å². The van der Waals surface area contributed by atoms with Gasteiger partial charge in [0.15, 0.2) is 0 Å². The first-order chi connectivity index (χ1) is 15.5. The first kappa shape index (κ1) is 22.7. The van der Waals surface area contributed by atoms with E-state index in [0.29, 0.717) is 30.5 Å². The topological polar surface area (TPSA) is 49.6 Å². The number of piperazine rings is 1. The Morgan fingerprint density at radius 2 is 1.75 bits per heavy atom. The van der Waals surface area contributed by atoms with Gasteiger partial charge >= 0.3 is 0 Å². The minimum absolute atomic E-state index is 0.141. The molecule has 1 fully saturated rings. The van der Waals surface area contributed by atoms with Crippen molar-refractivity contribution < 1.29 is 13.6 Å². The number of carbonyl (C=O) groups excluding carboxylic acids is 1. The number of thioether (sulfide) groups is 2. The molecule has 0 N–H and O–H groups in total. The number of aryl methyl sites for hydroxylation is 1. The second-order valence-corrected chi connectivity index (χ2v) is 9.45. The molecule has 1 saturated heterocycles. The molecule has 0 bridgehead atoms. The number of halogens is 1. The van der Waals surface area contributed by atoms with E-state index in [1.54, 1.807) is 35.7 Å². The molecule has 1 amide bonds. The summed E-state index contributed by atoms with van der Waals surface area (Å²) in [7, 11) is 0. The van der Waals surface area contributed by atoms with Crippen LogP contribution in [-0.4, -0.2) is 54.0 Å². The molecular weight excluding hydrogens is 445 g/mol. The number of amides is 1. The van der Waals surface area contributed by atoms with Crippen molar-refractivity contribution in [2.24, 2.45) is 0 Å². The highest BCUT2D eigenvalue weighted by molar-refractivity contribution is 7.99. The summed E-state index contributed by atoms with van der Waals surface area (Å²) in [6.07, 6.45) is 2.05. The summed E-state index contributed by atoms with van der Waals surface area (Å²) in [5, 5.41) is 0. The number of hydrogen-bond donors (Lipinski definition) is 0. The summed E-state index contributed by atoms with van der Waals surface area (Å²) in [6, 6.07) is 14.7. The monoisotopic (exact) mass is 471 g/mol. The fourth-order valence-electron chi connectivity index (χ4n) is 3.61. The number of anilines is 1. The van der Waals surface area contributed by atoms with Gasteiger partial charge in [-0.05, 0) is 61.7 Å². The lowest BCUT2D eigenvalue weighted by molar-refractivity contribution is -0.128. The Hall–Kier alpha value is -2.45. The zero-order chi connectivity index (χ0) is 22.5. The van der Waals surface area contributed by atoms with E-state index in [2.05, 4.69) is 22.0 Å². The predicted octanol–water partition coefficient (Wildman–Crippen LogP) is 5.09. The normalized spacial score (nSPS) is 14.1. The third kappa shape index (κ3) is 5.48. The van der Waals surface area contributed by atoms with Gasteiger partial charge in [-0.3, -0.25) is 4.79 Å². The van der Waals surface area contributed by atoms with Crippen LogP contribution in [0.15, 0.2) is 57.8 Å². The highest BCUT2D eigenvalue weighted by Gasteiger charge is 2.21. The Kier molecular flexibility index (Phi) is 7.42. The summed E-state index contributed by atoms with van der Waals surface area (Å²) >= 11 is 3.26. The Labute approximate surface area is 196 Å². The second-order valence-electron chi connectivity index (χ2n) is 7.59. The lowest BCUT2D eigenvalue weighted by atomic mass is 10.2. The van der Waals surface area contributed by atoms with Crippen LogP contribution in [-0.2, 0) is 10.5 Å². The molecule has 4 rings (SSSR count). The van der Waals surface area contributed by atoms with Crippen LogP contribution in [0.1, 0.15) is 11.5 Å². The van der Waals surface area contributed by atoms with Crippen LogP contribution < -0.4 is 4.90 Å². The molecule has 0 aliphatic carbocycles. The Morgan fingerprint density at radius 3 is 2.41 bits per heavy atom. The summed E-state index contributed by atoms with van der Waals surface area (Å²) in [5.74, 6) is 2.38. The average Bonchev–Trinajstić information content (AvgIpc) is 3.20. The van der Waals surface area contributed by atoms with E-state index >= 15 is 0 Å². The van der Waals surface area contributed by atoms with Crippen LogP contribution in [0, 0.1) is 12.7 Å². The molecule has 32 heavy (non-hydrogen) atoms. The predicted molar refractivity (Wildman–Crippen MR) is 130 cm³/mol. The van der Waals surface area contributed by atoms with Crippen molar-refractivity contribution in [2.75, 3.05) is 43.1 Å². The van der Waals surface area contributed by atoms with E-state index in [9.17, 15) is 9.18 Å². The number of rotatable bonds is 7. The van der Waals surface area contributed by atoms with Crippen molar-refractivity contribution in [3.63, 3.8) is 0 Å². The van der Waals surface area contributed by atoms with Crippen molar-refractivity contribution in [3.05, 3.63) is 65.8 Å². The maximum absolute atomic E-state index is 13.1. The maximum atomic E-state index is 13.1. The number of benzene rings is 2. The van der Waals surface area contributed by atoms with Crippen LogP contribution in [0.4, 0.5) is 10.1 Å². The third-order valence-electron chi connectivity index (χ3n) is 5.52. The van der Waals surface area contributed by atoms with E-state index in [4.69, 9.17) is 4.42 Å². The minimum Gasteiger partial charge on any atom is -0.441 e. The molecule has 2 aromatic carbocycles. The van der Waals surface area contributed by atoms with E-state index in [1.807, 2.05) is 30.2 Å². The molecule has 0 atom stereocenters. The summed E-state index contributed by atoms with van der Waals surface area (Å²) < 4.78 is 19.0. The van der Waals surface area contributed by atoms with Gasteiger partial charge < -0.3 is 14.2 Å². The molecular formula is C24H26FN3O2S2. The number of oxazole rings is 1. The first-order valence-corrected chi connectivity index (χ1v) is 12.9. The standard InChI is InChI=1S/C24H26FN3O2S2/c1-17-22(26-24(30-17)18-3-9-21(31-2)10-4-18)15-32-16-23(29)28-13-11-27(12-14-28)20-7-5-19(25)6-8-20/h3-10H,11-16H2,1-2H3. The molecule has 5 nitrogen and oxygen atoms in total. The van der Waals surface area contributed by atoms with Crippen molar-refractivity contribution in [1.29, 1.82) is 0 Å². The lowest BCUT2D eigenvalue weighted by Gasteiger charge is -2.36. The Morgan fingerprint density at radius 1 is 1.06 bits per heavy atom. The molecule has 0 saturated carbocycles. The van der Waals surface area contributed by atoms with Crippen LogP contribution in [0.25, 0.3) is 11.5 Å². The first-order valence-electron chi connectivity index (χ1n) is 10.5. The zero-order valence-electron chi connectivity index (χ0n) is 18.2. The second kappa shape index (κ2) is 10.4. The highest BCUT2D eigenvalue weighted by atomic mass is 32.2. The van der Waals surface area contributed by atoms with Crippen molar-refractivity contribution in [2.45, 2.75) is 17.6 Å². The molecule has 1 aliphatic rings. The van der Waals surface area contributed by atoms with Crippen LogP contribution in [0.2, 0.25) is 0 Å². The molecule has 0 spiro atoms. The van der Waals surface area contributed by atoms with E-state index < -0.39 is 0 Å². The molecule has 2 heterocycles. The van der Waals surface area contributed by atoms with E-state index in [-0.39, 0.29) is 11.7 Å². The third-order valence-corrected chi connectivity index (χ3v) is 7.19. The van der Waals surface area contributed by atoms with Gasteiger partial charge in [-0.1, -0.05) is 0 Å². The van der Waals surface area contributed by atoms with Gasteiger partial charge in [0.2, 0.25) is 11.8 Å². The van der Waals surface area contributed by atoms with Gasteiger partial charge in [0.1, 0.15) is 11.6 Å². The van der Waals surface area contributed by atoms with E-state index in [1.165, 1.54) is 17.0 Å². The quantitative estimate of drug-likeness (QED) is 0.447. The molecule has 3 aromatic rings. The van der Waals surface area contributed by atoms with Gasteiger partial charge in [-0.15, -0.1) is 23.5 Å². The summed E-state index contributed by atoms with van der Waals surface area (Å²) in [6.45, 7) is 4.78. The molecule has 0 unspecified atom stereocenters. The molecule has 1 aromatic heterocycles. The zero-order valence-corrected chi connectivity index (χ0v) is 19.8. The fourth-order valence-corrected chi connectivity index (χ4v) is 4.94. The van der Waals surface area contributed by atoms with Crippen molar-refractivity contribution in [1.82, 2.24) is 9.88 Å². The average molecular weight is 472 g/mol. The van der Waals surface area contributed by atoms with Crippen molar-refractivity contribution in [3.8, 4) is 11.5 Å². The number of carbonyl (C=O) groups is 1. The SMILES string of the molecule is CSc1ccc(-c2nc(CSCC(=O)N3CCN(c4ccc(F)cc4)CC3)c(C)o2)cc1. The summed E-state index contributed by atoms with van der Waals surface area (Å²) in [5.41, 5.74) is 2.83. The van der Waals surface area contributed by atoms with Gasteiger partial charge in [0.05, 0.1) is 11.4 Å². The van der Waals surface area contributed by atoms with Gasteiger partial charge in [0.25, 0.3) is 0 Å². The lowest BCUT2D eigenvalue weighted by Crippen LogP contribution is -2.49. The molecule has 1 aliphatic heterocycles. The van der Waals surface area contributed by atoms with Crippen molar-refractivity contribution >= 4 is 35.1 Å². The van der Waals surface area contributed by atoms with Crippen LogP contribution in [0.5, 0.6) is 0 Å². The Bertz CT molecular complexity index is 1050. The number of nitrogens with zero attached hydrogens (tertiary/aromatic N) is 3. The molecule has 168 valence electrons. The van der Waals surface area contributed by atoms with Crippen LogP contribution >= 0.6 is 23.5 Å². The van der Waals surface area contributed by atoms with Gasteiger partial charge in [0, 0.05) is 48.1 Å². The largest absolute Gasteiger partial charge is 0.441 e.